The summed E-state index contributed by atoms with van der Waals surface area (Å²) in [5, 5.41) is 22.3. The lowest BCUT2D eigenvalue weighted by Gasteiger charge is -2.12. The Morgan fingerprint density at radius 1 is 1.45 bits per heavy atom. The van der Waals surface area contributed by atoms with Gasteiger partial charge in [0.15, 0.2) is 5.84 Å². The number of amides is 1. The summed E-state index contributed by atoms with van der Waals surface area (Å²) >= 11 is 0. The van der Waals surface area contributed by atoms with E-state index in [1.54, 1.807) is 24.3 Å². The molecule has 5 N–H and O–H groups in total. The Balaban J connectivity index is 3.06. The molecule has 9 nitrogen and oxygen atoms in total. The van der Waals surface area contributed by atoms with Gasteiger partial charge < -0.3 is 20.5 Å². The third kappa shape index (κ3) is 4.77. The lowest BCUT2D eigenvalue weighted by Crippen LogP contribution is -2.22. The molecular formula is C13H16N6O3. The fraction of sp³-hybridized carbons (Fsp3) is 0.231. The molecule has 0 bridgehead atoms. The minimum atomic E-state index is -0.470. The number of hydrogen-bond donors (Lipinski definition) is 4. The summed E-state index contributed by atoms with van der Waals surface area (Å²) in [6.07, 6.45) is 0. The normalized spacial score (nSPS) is 10.5. The first-order chi connectivity index (χ1) is 10.5. The summed E-state index contributed by atoms with van der Waals surface area (Å²) in [5.74, 6) is -0.307. The second-order valence-corrected chi connectivity index (χ2v) is 3.99. The molecule has 0 saturated carbocycles. The Kier molecular flexibility index (Phi) is 6.33. The van der Waals surface area contributed by atoms with Crippen LogP contribution in [0.25, 0.3) is 0 Å². The number of carbonyl (C=O) groups excluding carboxylic acids is 1. The van der Waals surface area contributed by atoms with Gasteiger partial charge in [-0.2, -0.15) is 10.4 Å². The molecular weight excluding hydrogens is 288 g/mol. The molecule has 0 spiro atoms. The predicted octanol–water partition coefficient (Wildman–Crippen LogP) is 0.508. The van der Waals surface area contributed by atoms with Crippen LogP contribution in [0, 0.1) is 16.7 Å². The number of nitriles is 1. The molecule has 22 heavy (non-hydrogen) atoms. The Morgan fingerprint density at radius 2 is 2.18 bits per heavy atom. The summed E-state index contributed by atoms with van der Waals surface area (Å²) in [6.45, 7) is -0.106. The standard InChI is InChI=1S/C13H16N6O3/c1-21-7-12(20)17-9-4-3-8(22-2)5-10(9)18-19-11(6-14)13(15)16/h3-5,18H,7H2,1-2H3,(H3,15,16)(H,17,20)/b19-11+. The maximum atomic E-state index is 11.6. The molecule has 1 rings (SSSR count). The number of anilines is 2. The first-order valence-electron chi connectivity index (χ1n) is 6.06. The van der Waals surface area contributed by atoms with Crippen molar-refractivity contribution in [1.29, 1.82) is 10.7 Å². The van der Waals surface area contributed by atoms with Crippen molar-refractivity contribution in [1.82, 2.24) is 0 Å². The molecule has 0 aromatic heterocycles. The molecule has 1 aromatic rings. The largest absolute Gasteiger partial charge is 0.497 e. The van der Waals surface area contributed by atoms with E-state index in [9.17, 15) is 4.79 Å². The van der Waals surface area contributed by atoms with Gasteiger partial charge in [-0.05, 0) is 12.1 Å². The van der Waals surface area contributed by atoms with Crippen LogP contribution < -0.4 is 21.2 Å². The lowest BCUT2D eigenvalue weighted by atomic mass is 10.2. The van der Waals surface area contributed by atoms with E-state index in [0.29, 0.717) is 17.1 Å². The Bertz CT molecular complexity index is 635. The molecule has 0 radical (unpaired) electrons. The number of nitrogens with two attached hydrogens (primary N) is 1. The number of hydrazone groups is 1. The first-order valence-corrected chi connectivity index (χ1v) is 6.06. The number of ether oxygens (including phenoxy) is 2. The fourth-order valence-corrected chi connectivity index (χ4v) is 1.43. The number of nitrogens with zero attached hydrogens (tertiary/aromatic N) is 2. The van der Waals surface area contributed by atoms with E-state index >= 15 is 0 Å². The van der Waals surface area contributed by atoms with Crippen LogP contribution in [-0.2, 0) is 9.53 Å². The number of amidine groups is 1. The zero-order valence-corrected chi connectivity index (χ0v) is 12.1. The Labute approximate surface area is 127 Å². The van der Waals surface area contributed by atoms with Crippen molar-refractivity contribution in [2.75, 3.05) is 31.6 Å². The van der Waals surface area contributed by atoms with Gasteiger partial charge >= 0.3 is 0 Å². The van der Waals surface area contributed by atoms with Gasteiger partial charge in [0.05, 0.1) is 18.5 Å². The summed E-state index contributed by atoms with van der Waals surface area (Å²) < 4.78 is 9.82. The molecule has 0 aliphatic carbocycles. The molecule has 0 atom stereocenters. The number of rotatable bonds is 7. The van der Waals surface area contributed by atoms with Gasteiger partial charge in [0.1, 0.15) is 18.4 Å². The topological polar surface area (TPSA) is 146 Å². The summed E-state index contributed by atoms with van der Waals surface area (Å²) in [6, 6.07) is 6.50. The van der Waals surface area contributed by atoms with Gasteiger partial charge in [-0.3, -0.25) is 15.6 Å². The second kappa shape index (κ2) is 8.23. The summed E-state index contributed by atoms with van der Waals surface area (Å²) in [4.78, 5) is 11.6. The quantitative estimate of drug-likeness (QED) is 0.328. The summed E-state index contributed by atoms with van der Waals surface area (Å²) in [5.41, 5.74) is 8.28. The number of carbonyl (C=O) groups is 1. The van der Waals surface area contributed by atoms with Crippen molar-refractivity contribution >= 4 is 28.8 Å². The highest BCUT2D eigenvalue weighted by Crippen LogP contribution is 2.27. The van der Waals surface area contributed by atoms with Crippen molar-refractivity contribution in [3.63, 3.8) is 0 Å². The van der Waals surface area contributed by atoms with Crippen LogP contribution in [0.1, 0.15) is 0 Å². The molecule has 0 aliphatic heterocycles. The molecule has 0 heterocycles. The molecule has 0 unspecified atom stereocenters. The highest BCUT2D eigenvalue weighted by Gasteiger charge is 2.09. The van der Waals surface area contributed by atoms with Gasteiger partial charge in [0.25, 0.3) is 0 Å². The van der Waals surface area contributed by atoms with Gasteiger partial charge in [-0.15, -0.1) is 0 Å². The molecule has 116 valence electrons. The van der Waals surface area contributed by atoms with Crippen LogP contribution >= 0.6 is 0 Å². The van der Waals surface area contributed by atoms with Crippen molar-refractivity contribution < 1.29 is 14.3 Å². The third-order valence-corrected chi connectivity index (χ3v) is 2.43. The zero-order chi connectivity index (χ0) is 16.5. The van der Waals surface area contributed by atoms with E-state index < -0.39 is 5.84 Å². The van der Waals surface area contributed by atoms with E-state index in [1.807, 2.05) is 0 Å². The van der Waals surface area contributed by atoms with Crippen LogP contribution in [0.3, 0.4) is 0 Å². The van der Waals surface area contributed by atoms with E-state index in [0.717, 1.165) is 0 Å². The maximum Gasteiger partial charge on any atom is 0.250 e. The highest BCUT2D eigenvalue weighted by molar-refractivity contribution is 6.45. The monoisotopic (exact) mass is 304 g/mol. The van der Waals surface area contributed by atoms with Crippen LogP contribution in [0.2, 0.25) is 0 Å². The van der Waals surface area contributed by atoms with Crippen LogP contribution in [0.5, 0.6) is 5.75 Å². The fourth-order valence-electron chi connectivity index (χ4n) is 1.43. The van der Waals surface area contributed by atoms with Crippen LogP contribution in [0.4, 0.5) is 11.4 Å². The first kappa shape index (κ1) is 16.9. The van der Waals surface area contributed by atoms with Gasteiger partial charge in [0, 0.05) is 13.2 Å². The molecule has 1 aromatic carbocycles. The van der Waals surface area contributed by atoms with Gasteiger partial charge in [-0.1, -0.05) is 0 Å². The smallest absolute Gasteiger partial charge is 0.250 e. The molecule has 1 amide bonds. The van der Waals surface area contributed by atoms with E-state index in [2.05, 4.69) is 15.8 Å². The van der Waals surface area contributed by atoms with Crippen molar-refractivity contribution in [3.05, 3.63) is 18.2 Å². The summed E-state index contributed by atoms with van der Waals surface area (Å²) in [7, 11) is 2.89. The van der Waals surface area contributed by atoms with Gasteiger partial charge in [-0.25, -0.2) is 0 Å². The minimum Gasteiger partial charge on any atom is -0.497 e. The number of benzene rings is 1. The Hall–Kier alpha value is -3.12. The predicted molar refractivity (Wildman–Crippen MR) is 82.1 cm³/mol. The molecule has 0 fully saturated rings. The maximum absolute atomic E-state index is 11.6. The highest BCUT2D eigenvalue weighted by atomic mass is 16.5. The SMILES string of the molecule is COCC(=O)Nc1ccc(OC)cc1N/N=C(\C#N)C(=N)N. The average Bonchev–Trinajstić information content (AvgIpc) is 2.49. The van der Waals surface area contributed by atoms with Crippen LogP contribution in [-0.4, -0.2) is 38.3 Å². The van der Waals surface area contributed by atoms with Crippen molar-refractivity contribution in [3.8, 4) is 11.8 Å². The zero-order valence-electron chi connectivity index (χ0n) is 12.1. The van der Waals surface area contributed by atoms with Crippen molar-refractivity contribution in [2.24, 2.45) is 10.8 Å². The van der Waals surface area contributed by atoms with E-state index in [-0.39, 0.29) is 18.2 Å². The molecule has 0 aliphatic rings. The average molecular weight is 304 g/mol. The molecule has 9 heteroatoms. The third-order valence-electron chi connectivity index (χ3n) is 2.43. The molecule has 0 saturated heterocycles. The second-order valence-electron chi connectivity index (χ2n) is 3.99. The van der Waals surface area contributed by atoms with E-state index in [4.69, 9.17) is 25.9 Å². The van der Waals surface area contributed by atoms with E-state index in [1.165, 1.54) is 14.2 Å². The Morgan fingerprint density at radius 3 is 2.73 bits per heavy atom. The number of methoxy groups -OCH3 is 2. The van der Waals surface area contributed by atoms with Gasteiger partial charge in [0.2, 0.25) is 11.6 Å². The lowest BCUT2D eigenvalue weighted by molar-refractivity contribution is -0.119. The van der Waals surface area contributed by atoms with Crippen molar-refractivity contribution in [2.45, 2.75) is 0 Å². The van der Waals surface area contributed by atoms with Crippen LogP contribution in [0.15, 0.2) is 23.3 Å². The minimum absolute atomic E-state index is 0.106. The number of hydrogen-bond acceptors (Lipinski definition) is 7. The number of nitrogens with one attached hydrogen (secondary N) is 3.